The number of ketones is 4. The molecule has 2 aromatic carbocycles. The first kappa shape index (κ1) is 100. The number of aliphatic hydroxyl groups is 20. The van der Waals surface area contributed by atoms with Gasteiger partial charge in [0, 0.05) is 52.4 Å². The normalized spacial score (nSPS) is 16.1. The molecule has 2 aromatic rings. The summed E-state index contributed by atoms with van der Waals surface area (Å²) in [4.78, 5) is 131. The average molecular weight is 1710 g/mol. The summed E-state index contributed by atoms with van der Waals surface area (Å²) in [6, 6.07) is 13.9. The Hall–Kier alpha value is -6.06. The van der Waals surface area contributed by atoms with Gasteiger partial charge in [-0.25, -0.2) is 0 Å². The molecule has 42 nitrogen and oxygen atoms in total. The van der Waals surface area contributed by atoms with Gasteiger partial charge in [-0.3, -0.25) is 38.4 Å². The molecule has 0 saturated heterocycles. The van der Waals surface area contributed by atoms with Crippen molar-refractivity contribution in [1.29, 1.82) is 0 Å². The maximum atomic E-state index is 13.3. The molecule has 6 amide bonds. The van der Waals surface area contributed by atoms with Crippen molar-refractivity contribution in [2.75, 3.05) is 157 Å². The molecule has 44 heteroatoms. The van der Waals surface area contributed by atoms with Gasteiger partial charge in [-0.05, 0) is 0 Å². The molecular formula is C66H110N12O30Se2. The Kier molecular flexibility index (Phi) is 51.1. The van der Waals surface area contributed by atoms with Crippen LogP contribution in [0.25, 0.3) is 0 Å². The summed E-state index contributed by atoms with van der Waals surface area (Å²) in [6.45, 7) is -4.60. The van der Waals surface area contributed by atoms with Gasteiger partial charge in [0.2, 0.25) is 0 Å². The van der Waals surface area contributed by atoms with E-state index in [4.69, 9.17) is 20.4 Å². The molecule has 0 aliphatic rings. The molecule has 30 N–H and O–H groups in total. The number of hydrogen-bond donors (Lipinski definition) is 30. The summed E-state index contributed by atoms with van der Waals surface area (Å²) in [7, 11) is 0. The Morgan fingerprint density at radius 3 is 0.709 bits per heavy atom. The Morgan fingerprint density at radius 1 is 0.282 bits per heavy atom. The van der Waals surface area contributed by atoms with Crippen molar-refractivity contribution in [3.63, 3.8) is 0 Å². The van der Waals surface area contributed by atoms with E-state index < -0.39 is 209 Å². The van der Waals surface area contributed by atoms with Crippen molar-refractivity contribution in [2.45, 2.75) is 123 Å². The van der Waals surface area contributed by atoms with Gasteiger partial charge in [0.1, 0.15) is 97.7 Å². The number of aliphatic hydroxyl groups excluding tert-OH is 20. The van der Waals surface area contributed by atoms with E-state index in [1.807, 2.05) is 24.3 Å². The van der Waals surface area contributed by atoms with Gasteiger partial charge in [-0.1, -0.05) is 0 Å². The number of benzene rings is 2. The molecule has 0 aliphatic heterocycles. The standard InChI is InChI=1S/C66H110N12O30Se2/c79-33-45(87)57(99)61(103)53(95)41(83)29-67-13-17-71-49(91)9-23-77(24-10-50(92)72-18-14-68-30-42(84)54(96)62(104)58(100)46(88)34-80)27-21-75-65(107)37-1-5-39(6-2-37)109-110-40-7-3-38(4-8-40)66(108)76-22-28-78(25-11-51(93)73-19-15-69-31-43(85)55(97)63(105)59(101)47(89)35-81)26-12-52(94)74-20-16-70-32-44(86)56(98)64(106)60(102)48(90)36-82/h1-8,45-48,53-64,67-70,79-82,87-90,95-106H,9-36H2,(H,71,91)(H,72,92)(H,73,93)(H,74,94)(H,75,107)(H,76,108)/t45-,46-,47-,48-,53-,54-,55-,56-,57+,58+,59+,60+,61+,62+,63+,64+/m1/s1. The monoisotopic (exact) mass is 1710 g/mol. The number of Topliss-reactive ketones (excluding diaryl/α,β-unsaturated/α-hetero) is 4. The van der Waals surface area contributed by atoms with Crippen LogP contribution in [0.3, 0.4) is 0 Å². The molecule has 0 fully saturated rings. The molecule has 16 atom stereocenters. The topological polar surface area (TPSA) is 702 Å². The molecular weight excluding hydrogens is 1600 g/mol. The molecule has 0 aliphatic carbocycles. The summed E-state index contributed by atoms with van der Waals surface area (Å²) < 4.78 is 1.94. The molecule has 626 valence electrons. The fourth-order valence-corrected chi connectivity index (χ4v) is 15.6. The molecule has 0 heterocycles. The van der Waals surface area contributed by atoms with Crippen LogP contribution in [0.5, 0.6) is 0 Å². The Balaban J connectivity index is 2.00. The predicted molar refractivity (Wildman–Crippen MR) is 388 cm³/mol. The minimum absolute atomic E-state index is 0.00839. The van der Waals surface area contributed by atoms with Gasteiger partial charge in [-0.15, -0.1) is 0 Å². The third-order valence-corrected chi connectivity index (χ3v) is 23.8. The molecule has 0 radical (unpaired) electrons. The van der Waals surface area contributed by atoms with Crippen molar-refractivity contribution in [1.82, 2.24) is 63.0 Å². The molecule has 110 heavy (non-hydrogen) atoms. The van der Waals surface area contributed by atoms with E-state index in [9.17, 15) is 130 Å². The Labute approximate surface area is 644 Å². The van der Waals surface area contributed by atoms with Crippen LogP contribution in [0, 0.1) is 0 Å². The molecule has 0 aromatic heterocycles. The molecule has 0 unspecified atom stereocenters. The van der Waals surface area contributed by atoms with Gasteiger partial charge < -0.3 is 145 Å². The van der Waals surface area contributed by atoms with Crippen LogP contribution in [0.4, 0.5) is 0 Å². The van der Waals surface area contributed by atoms with Crippen LogP contribution < -0.4 is 62.1 Å². The van der Waals surface area contributed by atoms with E-state index in [0.29, 0.717) is 11.1 Å². The van der Waals surface area contributed by atoms with E-state index in [1.54, 1.807) is 34.1 Å². The Morgan fingerprint density at radius 2 is 0.500 bits per heavy atom. The number of rotatable bonds is 63. The second-order valence-corrected chi connectivity index (χ2v) is 31.4. The van der Waals surface area contributed by atoms with Gasteiger partial charge in [0.05, 0.1) is 52.6 Å². The van der Waals surface area contributed by atoms with Crippen molar-refractivity contribution in [3.8, 4) is 0 Å². The first-order chi connectivity index (χ1) is 52.2. The van der Waals surface area contributed by atoms with E-state index in [1.165, 1.54) is 0 Å². The maximum absolute atomic E-state index is 13.3. The summed E-state index contributed by atoms with van der Waals surface area (Å²) in [6.07, 6.45) is -32.3. The number of amides is 6. The number of carbonyl (C=O) groups is 10. The van der Waals surface area contributed by atoms with Crippen LogP contribution in [-0.4, -0.2) is 452 Å². The van der Waals surface area contributed by atoms with Crippen LogP contribution >= 0.6 is 0 Å². The third kappa shape index (κ3) is 39.1. The number of nitrogens with one attached hydrogen (secondary N) is 10. The first-order valence-electron chi connectivity index (χ1n) is 35.1. The quantitative estimate of drug-likeness (QED) is 0.0216. The zero-order chi connectivity index (χ0) is 82.4. The van der Waals surface area contributed by atoms with Gasteiger partial charge in [0.15, 0.2) is 23.1 Å². The van der Waals surface area contributed by atoms with Crippen LogP contribution in [0.2, 0.25) is 0 Å². The molecule has 0 spiro atoms. The average Bonchev–Trinajstić information content (AvgIpc) is 0.889. The summed E-state index contributed by atoms with van der Waals surface area (Å²) >= 11 is -0.127. The van der Waals surface area contributed by atoms with Crippen molar-refractivity contribution in [3.05, 3.63) is 59.7 Å². The fraction of sp³-hybridized carbons (Fsp3) is 0.667. The summed E-state index contributed by atoms with van der Waals surface area (Å²) in [5, 5.41) is 220. The third-order valence-electron chi connectivity index (χ3n) is 16.5. The van der Waals surface area contributed by atoms with Crippen LogP contribution in [0.1, 0.15) is 46.4 Å². The summed E-state index contributed by atoms with van der Waals surface area (Å²) in [5.41, 5.74) is 0.691. The molecule has 0 saturated carbocycles. The van der Waals surface area contributed by atoms with E-state index in [0.717, 1.165) is 8.92 Å². The van der Waals surface area contributed by atoms with Crippen molar-refractivity contribution < 1.29 is 150 Å². The SMILES string of the molecule is O=C(CCN(CCNC(=O)c1ccc([Se][Se]c2ccc(C(=O)NCCN(CCC(=O)NCCNCC(=O)[C@@H](O)[C@H](O)[C@@H](O)[C@H](O)CO)CCC(=O)NCCNCC(=O)[C@@H](O)[C@H](O)[C@@H](O)[C@H](O)CO)cc2)cc1)CCC(=O)NCCNCC(=O)[C@@H](O)[C@H](O)[C@@H](O)[C@H](O)CO)NCCNCC(=O)[C@@H](O)[C@H](O)[C@@H](O)[C@H](O)CO. The van der Waals surface area contributed by atoms with Crippen LogP contribution in [-0.2, 0) is 38.4 Å². The smallest absolute Gasteiger partial charge is 0.394 e. The van der Waals surface area contributed by atoms with E-state index in [2.05, 4.69) is 53.2 Å². The second-order valence-electron chi connectivity index (χ2n) is 25.1. The number of nitrogens with zero attached hydrogens (tertiary/aromatic N) is 2. The van der Waals surface area contributed by atoms with Gasteiger partial charge >= 0.3 is 238 Å². The Bertz CT molecular complexity index is 2730. The van der Waals surface area contributed by atoms with Crippen LogP contribution in [0.15, 0.2) is 48.5 Å². The zero-order valence-corrected chi connectivity index (χ0v) is 63.8. The van der Waals surface area contributed by atoms with Crippen molar-refractivity contribution >= 4 is 93.8 Å². The fourth-order valence-electron chi connectivity index (χ4n) is 9.62. The van der Waals surface area contributed by atoms with Gasteiger partial charge in [0.25, 0.3) is 0 Å². The zero-order valence-electron chi connectivity index (χ0n) is 60.4. The summed E-state index contributed by atoms with van der Waals surface area (Å²) in [5.74, 6) is -6.33. The first-order valence-corrected chi connectivity index (χ1v) is 41.2. The van der Waals surface area contributed by atoms with E-state index >= 15 is 0 Å². The number of hydrogen-bond acceptors (Lipinski definition) is 36. The van der Waals surface area contributed by atoms with E-state index in [-0.39, 0.29) is 157 Å². The van der Waals surface area contributed by atoms with Gasteiger partial charge in [-0.2, -0.15) is 0 Å². The predicted octanol–water partition coefficient (Wildman–Crippen LogP) is -18.6. The van der Waals surface area contributed by atoms with Crippen molar-refractivity contribution in [2.24, 2.45) is 0 Å². The minimum atomic E-state index is -2.09. The molecule has 2 rings (SSSR count). The minimum Gasteiger partial charge on any atom is -0.394 e. The second kappa shape index (κ2) is 56.2. The number of carbonyl (C=O) groups excluding carboxylic acids is 10. The molecule has 0 bridgehead atoms.